The first kappa shape index (κ1) is 12.0. The number of hydrogen-bond donors (Lipinski definition) is 2. The standard InChI is InChI=1S/C11H23NO2/c1-9-4-3-5-10(6-9)14-8-11(2,13)7-12/h9-10,13H,3-8,12H2,1-2H3. The van der Waals surface area contributed by atoms with Crippen molar-refractivity contribution >= 4 is 0 Å². The van der Waals surface area contributed by atoms with Gasteiger partial charge in [-0.3, -0.25) is 0 Å². The highest BCUT2D eigenvalue weighted by atomic mass is 16.5. The van der Waals surface area contributed by atoms with Crippen molar-refractivity contribution in [2.45, 2.75) is 51.2 Å². The zero-order chi connectivity index (χ0) is 10.6. The Labute approximate surface area is 86.6 Å². The molecule has 1 aliphatic carbocycles. The van der Waals surface area contributed by atoms with E-state index in [4.69, 9.17) is 10.5 Å². The summed E-state index contributed by atoms with van der Waals surface area (Å²) in [6.07, 6.45) is 5.15. The van der Waals surface area contributed by atoms with Crippen LogP contribution in [-0.4, -0.2) is 30.0 Å². The Morgan fingerprint density at radius 3 is 2.79 bits per heavy atom. The fraction of sp³-hybridized carbons (Fsp3) is 1.00. The van der Waals surface area contributed by atoms with Gasteiger partial charge in [0.15, 0.2) is 0 Å². The van der Waals surface area contributed by atoms with Crippen LogP contribution in [-0.2, 0) is 4.74 Å². The molecule has 0 aromatic carbocycles. The molecule has 1 fully saturated rings. The van der Waals surface area contributed by atoms with Crippen molar-refractivity contribution < 1.29 is 9.84 Å². The lowest BCUT2D eigenvalue weighted by Gasteiger charge is -2.30. The first-order chi connectivity index (χ1) is 6.53. The number of nitrogens with two attached hydrogens (primary N) is 1. The van der Waals surface area contributed by atoms with Gasteiger partial charge in [0.05, 0.1) is 18.3 Å². The van der Waals surface area contributed by atoms with Gasteiger partial charge in [0.1, 0.15) is 0 Å². The third-order valence-corrected chi connectivity index (χ3v) is 2.96. The summed E-state index contributed by atoms with van der Waals surface area (Å²) in [5, 5.41) is 9.67. The van der Waals surface area contributed by atoms with Gasteiger partial charge in [-0.15, -0.1) is 0 Å². The third kappa shape index (κ3) is 3.95. The molecule has 3 unspecified atom stereocenters. The largest absolute Gasteiger partial charge is 0.386 e. The van der Waals surface area contributed by atoms with E-state index in [2.05, 4.69) is 6.92 Å². The van der Waals surface area contributed by atoms with Crippen molar-refractivity contribution in [3.05, 3.63) is 0 Å². The van der Waals surface area contributed by atoms with E-state index in [1.807, 2.05) is 0 Å². The molecular weight excluding hydrogens is 178 g/mol. The maximum atomic E-state index is 9.67. The summed E-state index contributed by atoms with van der Waals surface area (Å²) in [5.74, 6) is 0.761. The predicted octanol–water partition coefficient (Wildman–Crippen LogP) is 1.29. The zero-order valence-corrected chi connectivity index (χ0v) is 9.33. The molecule has 0 saturated heterocycles. The highest BCUT2D eigenvalue weighted by Crippen LogP contribution is 2.26. The molecule has 0 radical (unpaired) electrons. The van der Waals surface area contributed by atoms with Crippen LogP contribution in [0, 0.1) is 5.92 Å². The summed E-state index contributed by atoms with van der Waals surface area (Å²) in [6, 6.07) is 0. The normalized spacial score (nSPS) is 32.6. The van der Waals surface area contributed by atoms with Gasteiger partial charge >= 0.3 is 0 Å². The highest BCUT2D eigenvalue weighted by molar-refractivity contribution is 4.76. The molecule has 0 heterocycles. The molecule has 1 aliphatic rings. The minimum Gasteiger partial charge on any atom is -0.386 e. The van der Waals surface area contributed by atoms with Crippen LogP contribution in [0.15, 0.2) is 0 Å². The topological polar surface area (TPSA) is 55.5 Å². The van der Waals surface area contributed by atoms with Gasteiger partial charge in [-0.25, -0.2) is 0 Å². The SMILES string of the molecule is CC1CCCC(OCC(C)(O)CN)C1. The fourth-order valence-electron chi connectivity index (χ4n) is 1.89. The quantitative estimate of drug-likeness (QED) is 0.720. The second-order valence-corrected chi connectivity index (χ2v) is 4.91. The van der Waals surface area contributed by atoms with Crippen LogP contribution < -0.4 is 5.73 Å². The molecule has 3 N–H and O–H groups in total. The Hall–Kier alpha value is -0.120. The molecule has 0 bridgehead atoms. The van der Waals surface area contributed by atoms with Crippen molar-refractivity contribution in [3.63, 3.8) is 0 Å². The molecule has 3 nitrogen and oxygen atoms in total. The molecule has 0 aromatic heterocycles. The molecule has 14 heavy (non-hydrogen) atoms. The van der Waals surface area contributed by atoms with Crippen molar-refractivity contribution in [1.82, 2.24) is 0 Å². The second-order valence-electron chi connectivity index (χ2n) is 4.91. The van der Waals surface area contributed by atoms with E-state index >= 15 is 0 Å². The average molecular weight is 201 g/mol. The minimum absolute atomic E-state index is 0.259. The Kier molecular flexibility index (Phi) is 4.35. The molecule has 0 spiro atoms. The summed E-state index contributed by atoms with van der Waals surface area (Å²) in [4.78, 5) is 0. The van der Waals surface area contributed by atoms with E-state index in [0.29, 0.717) is 12.7 Å². The van der Waals surface area contributed by atoms with Crippen molar-refractivity contribution in [2.24, 2.45) is 11.7 Å². The van der Waals surface area contributed by atoms with E-state index in [0.717, 1.165) is 18.8 Å². The first-order valence-corrected chi connectivity index (χ1v) is 5.57. The second kappa shape index (κ2) is 5.10. The smallest absolute Gasteiger partial charge is 0.0973 e. The third-order valence-electron chi connectivity index (χ3n) is 2.96. The monoisotopic (exact) mass is 201 g/mol. The zero-order valence-electron chi connectivity index (χ0n) is 9.33. The number of aliphatic hydroxyl groups is 1. The van der Waals surface area contributed by atoms with Gasteiger partial charge in [-0.1, -0.05) is 19.8 Å². The van der Waals surface area contributed by atoms with Crippen LogP contribution in [0.2, 0.25) is 0 Å². The van der Waals surface area contributed by atoms with Gasteiger partial charge in [0.2, 0.25) is 0 Å². The van der Waals surface area contributed by atoms with Crippen LogP contribution in [0.4, 0.5) is 0 Å². The van der Waals surface area contributed by atoms with Crippen LogP contribution >= 0.6 is 0 Å². The van der Waals surface area contributed by atoms with Crippen LogP contribution in [0.25, 0.3) is 0 Å². The Bertz CT molecular complexity index is 171. The minimum atomic E-state index is -0.860. The summed E-state index contributed by atoms with van der Waals surface area (Å²) in [6.45, 7) is 4.60. The van der Waals surface area contributed by atoms with Crippen molar-refractivity contribution in [2.75, 3.05) is 13.2 Å². The molecule has 0 aromatic rings. The van der Waals surface area contributed by atoms with E-state index in [9.17, 15) is 5.11 Å². The lowest BCUT2D eigenvalue weighted by Crippen LogP contribution is -2.40. The first-order valence-electron chi connectivity index (χ1n) is 5.57. The number of hydrogen-bond acceptors (Lipinski definition) is 3. The maximum absolute atomic E-state index is 9.67. The van der Waals surface area contributed by atoms with Gasteiger partial charge in [0, 0.05) is 6.54 Å². The van der Waals surface area contributed by atoms with Crippen molar-refractivity contribution in [1.29, 1.82) is 0 Å². The maximum Gasteiger partial charge on any atom is 0.0973 e. The molecule has 0 aliphatic heterocycles. The molecule has 3 heteroatoms. The molecule has 3 atom stereocenters. The molecule has 84 valence electrons. The van der Waals surface area contributed by atoms with Crippen LogP contribution in [0.5, 0.6) is 0 Å². The van der Waals surface area contributed by atoms with E-state index in [1.165, 1.54) is 12.8 Å². The summed E-state index contributed by atoms with van der Waals surface area (Å²) >= 11 is 0. The number of rotatable bonds is 4. The molecular formula is C11H23NO2. The molecule has 1 saturated carbocycles. The predicted molar refractivity (Wildman–Crippen MR) is 57.1 cm³/mol. The van der Waals surface area contributed by atoms with Crippen LogP contribution in [0.3, 0.4) is 0 Å². The molecule has 1 rings (SSSR count). The summed E-state index contributed by atoms with van der Waals surface area (Å²) in [7, 11) is 0. The summed E-state index contributed by atoms with van der Waals surface area (Å²) < 4.78 is 5.68. The Morgan fingerprint density at radius 1 is 1.50 bits per heavy atom. The van der Waals surface area contributed by atoms with Crippen molar-refractivity contribution in [3.8, 4) is 0 Å². The van der Waals surface area contributed by atoms with E-state index < -0.39 is 5.60 Å². The average Bonchev–Trinajstić information content (AvgIpc) is 2.15. The van der Waals surface area contributed by atoms with E-state index in [-0.39, 0.29) is 6.54 Å². The molecule has 0 amide bonds. The Balaban J connectivity index is 2.23. The Morgan fingerprint density at radius 2 is 2.21 bits per heavy atom. The van der Waals surface area contributed by atoms with Gasteiger partial charge in [-0.2, -0.15) is 0 Å². The van der Waals surface area contributed by atoms with E-state index in [1.54, 1.807) is 6.92 Å². The van der Waals surface area contributed by atoms with Crippen LogP contribution in [0.1, 0.15) is 39.5 Å². The summed E-state index contributed by atoms with van der Waals surface area (Å²) in [5.41, 5.74) is 4.56. The highest BCUT2D eigenvalue weighted by Gasteiger charge is 2.24. The lowest BCUT2D eigenvalue weighted by atomic mass is 9.88. The van der Waals surface area contributed by atoms with Gasteiger partial charge < -0.3 is 15.6 Å². The van der Waals surface area contributed by atoms with Gasteiger partial charge in [0.25, 0.3) is 0 Å². The lowest BCUT2D eigenvalue weighted by molar-refractivity contribution is -0.0715. The van der Waals surface area contributed by atoms with Gasteiger partial charge in [-0.05, 0) is 25.7 Å². The fourth-order valence-corrected chi connectivity index (χ4v) is 1.89. The number of ether oxygens (including phenoxy) is 1.